The van der Waals surface area contributed by atoms with Crippen LogP contribution in [0.25, 0.3) is 0 Å². The summed E-state index contributed by atoms with van der Waals surface area (Å²) in [5, 5.41) is 0. The molecule has 0 aliphatic rings. The fraction of sp³-hybridized carbons (Fsp3) is 0.300. The van der Waals surface area contributed by atoms with E-state index in [0.29, 0.717) is 11.1 Å². The van der Waals surface area contributed by atoms with Gasteiger partial charge in [0, 0.05) is 5.56 Å². The lowest BCUT2D eigenvalue weighted by molar-refractivity contribution is 0.101. The summed E-state index contributed by atoms with van der Waals surface area (Å²) >= 11 is 0. The maximum absolute atomic E-state index is 10.9. The second-order valence-corrected chi connectivity index (χ2v) is 4.86. The summed E-state index contributed by atoms with van der Waals surface area (Å²) in [5.41, 5.74) is 1.31. The second-order valence-electron chi connectivity index (χ2n) is 3.22. The molecule has 0 N–H and O–H groups in total. The normalized spacial score (nSPS) is 11.3. The molecule has 0 aliphatic carbocycles. The summed E-state index contributed by atoms with van der Waals surface area (Å²) in [6, 6.07) is 6.62. The van der Waals surface area contributed by atoms with E-state index in [0.717, 1.165) is 6.26 Å². The summed E-state index contributed by atoms with van der Waals surface area (Å²) in [5.74, 6) is -0.0226. The highest BCUT2D eigenvalue weighted by Crippen LogP contribution is 2.07. The third-order valence-electron chi connectivity index (χ3n) is 1.80. The van der Waals surface area contributed by atoms with Crippen LogP contribution in [0.4, 0.5) is 0 Å². The molecule has 15 heavy (non-hydrogen) atoms. The predicted octanol–water partition coefficient (Wildman–Crippen LogP) is 1.37. The van der Waals surface area contributed by atoms with Crippen LogP contribution >= 0.6 is 0 Å². The van der Waals surface area contributed by atoms with E-state index in [1.165, 1.54) is 6.92 Å². The molecule has 0 radical (unpaired) electrons. The summed E-state index contributed by atoms with van der Waals surface area (Å²) < 4.78 is 26.0. The van der Waals surface area contributed by atoms with E-state index in [9.17, 15) is 13.2 Å². The van der Waals surface area contributed by atoms with E-state index < -0.39 is 10.1 Å². The molecule has 4 nitrogen and oxygen atoms in total. The van der Waals surface area contributed by atoms with E-state index in [2.05, 4.69) is 4.18 Å². The average molecular weight is 228 g/mol. The van der Waals surface area contributed by atoms with E-state index in [4.69, 9.17) is 0 Å². The first-order chi connectivity index (χ1) is 6.88. The minimum absolute atomic E-state index is 0.00296. The standard InChI is InChI=1S/C10H12O4S/c1-8(11)10-5-3-9(4-6-10)7-14-15(2,12)13/h3-6H,7H2,1-2H3. The van der Waals surface area contributed by atoms with Gasteiger partial charge in [0.1, 0.15) is 0 Å². The lowest BCUT2D eigenvalue weighted by Gasteiger charge is -2.02. The van der Waals surface area contributed by atoms with Gasteiger partial charge in [-0.3, -0.25) is 8.98 Å². The Morgan fingerprint density at radius 1 is 1.27 bits per heavy atom. The van der Waals surface area contributed by atoms with Gasteiger partial charge < -0.3 is 0 Å². The molecule has 0 atom stereocenters. The second kappa shape index (κ2) is 4.55. The Labute approximate surface area is 89.0 Å². The Bertz CT molecular complexity index is 445. The predicted molar refractivity (Wildman–Crippen MR) is 56.1 cm³/mol. The molecule has 0 heterocycles. The average Bonchev–Trinajstić information content (AvgIpc) is 2.14. The summed E-state index contributed by atoms with van der Waals surface area (Å²) in [6.07, 6.45) is 0.997. The number of rotatable bonds is 4. The molecule has 1 aromatic rings. The lowest BCUT2D eigenvalue weighted by atomic mass is 10.1. The van der Waals surface area contributed by atoms with Gasteiger partial charge in [-0.05, 0) is 12.5 Å². The number of carbonyl (C=O) groups excluding carboxylic acids is 1. The highest BCUT2D eigenvalue weighted by Gasteiger charge is 2.03. The van der Waals surface area contributed by atoms with E-state index in [1.54, 1.807) is 24.3 Å². The first kappa shape index (κ1) is 11.9. The number of carbonyl (C=O) groups is 1. The maximum atomic E-state index is 10.9. The Hall–Kier alpha value is -1.20. The SMILES string of the molecule is CC(=O)c1ccc(COS(C)(=O)=O)cc1. The zero-order valence-corrected chi connectivity index (χ0v) is 9.37. The number of ketones is 1. The van der Waals surface area contributed by atoms with E-state index in [-0.39, 0.29) is 12.4 Å². The molecule has 82 valence electrons. The van der Waals surface area contributed by atoms with Crippen LogP contribution in [0.1, 0.15) is 22.8 Å². The number of hydrogen-bond donors (Lipinski definition) is 0. The van der Waals surface area contributed by atoms with Crippen LogP contribution in [0.3, 0.4) is 0 Å². The number of hydrogen-bond acceptors (Lipinski definition) is 4. The van der Waals surface area contributed by atoms with Gasteiger partial charge in [0.05, 0.1) is 12.9 Å². The summed E-state index contributed by atoms with van der Waals surface area (Å²) in [7, 11) is -3.42. The molecular weight excluding hydrogens is 216 g/mol. The molecule has 1 aromatic carbocycles. The Morgan fingerprint density at radius 3 is 2.20 bits per heavy atom. The van der Waals surface area contributed by atoms with Crippen molar-refractivity contribution in [2.24, 2.45) is 0 Å². The lowest BCUT2D eigenvalue weighted by Crippen LogP contribution is -2.02. The van der Waals surface area contributed by atoms with Gasteiger partial charge in [-0.1, -0.05) is 24.3 Å². The molecule has 0 saturated carbocycles. The molecule has 1 rings (SSSR count). The molecule has 0 spiro atoms. The van der Waals surface area contributed by atoms with Gasteiger partial charge in [0.2, 0.25) is 0 Å². The first-order valence-corrected chi connectivity index (χ1v) is 6.14. The molecule has 0 fully saturated rings. The van der Waals surface area contributed by atoms with Crippen molar-refractivity contribution in [2.75, 3.05) is 6.26 Å². The number of Topliss-reactive ketones (excluding diaryl/α,β-unsaturated/α-hetero) is 1. The zero-order chi connectivity index (χ0) is 11.5. The maximum Gasteiger partial charge on any atom is 0.264 e. The van der Waals surface area contributed by atoms with E-state index >= 15 is 0 Å². The first-order valence-electron chi connectivity index (χ1n) is 4.33. The van der Waals surface area contributed by atoms with Crippen molar-refractivity contribution in [2.45, 2.75) is 13.5 Å². The topological polar surface area (TPSA) is 60.4 Å². The van der Waals surface area contributed by atoms with Gasteiger partial charge >= 0.3 is 0 Å². The monoisotopic (exact) mass is 228 g/mol. The molecule has 0 bridgehead atoms. The highest BCUT2D eigenvalue weighted by molar-refractivity contribution is 7.85. The van der Waals surface area contributed by atoms with Crippen molar-refractivity contribution >= 4 is 15.9 Å². The van der Waals surface area contributed by atoms with Crippen molar-refractivity contribution in [3.63, 3.8) is 0 Å². The largest absolute Gasteiger partial charge is 0.295 e. The molecule has 5 heteroatoms. The van der Waals surface area contributed by atoms with Crippen LogP contribution < -0.4 is 0 Å². The fourth-order valence-electron chi connectivity index (χ4n) is 1.01. The molecular formula is C10H12O4S. The van der Waals surface area contributed by atoms with Gasteiger partial charge in [0.15, 0.2) is 5.78 Å². The van der Waals surface area contributed by atoms with Crippen molar-refractivity contribution < 1.29 is 17.4 Å². The number of benzene rings is 1. The minimum atomic E-state index is -3.42. The van der Waals surface area contributed by atoms with E-state index in [1.807, 2.05) is 0 Å². The van der Waals surface area contributed by atoms with Crippen LogP contribution in [0, 0.1) is 0 Å². The highest BCUT2D eigenvalue weighted by atomic mass is 32.2. The minimum Gasteiger partial charge on any atom is -0.295 e. The van der Waals surface area contributed by atoms with Gasteiger partial charge in [0.25, 0.3) is 10.1 Å². The quantitative estimate of drug-likeness (QED) is 0.576. The van der Waals surface area contributed by atoms with Crippen molar-refractivity contribution in [1.29, 1.82) is 0 Å². The van der Waals surface area contributed by atoms with Crippen LogP contribution in [-0.4, -0.2) is 20.5 Å². The molecule has 0 saturated heterocycles. The summed E-state index contributed by atoms with van der Waals surface area (Å²) in [6.45, 7) is 1.47. The van der Waals surface area contributed by atoms with Crippen molar-refractivity contribution in [3.8, 4) is 0 Å². The zero-order valence-electron chi connectivity index (χ0n) is 8.56. The molecule has 0 aliphatic heterocycles. The Balaban J connectivity index is 2.69. The van der Waals surface area contributed by atoms with Crippen LogP contribution in [0.15, 0.2) is 24.3 Å². The summed E-state index contributed by atoms with van der Waals surface area (Å²) in [4.78, 5) is 10.9. The molecule has 0 aromatic heterocycles. The Kier molecular flexibility index (Phi) is 3.60. The van der Waals surface area contributed by atoms with Crippen LogP contribution in [0.5, 0.6) is 0 Å². The van der Waals surface area contributed by atoms with Crippen LogP contribution in [0.2, 0.25) is 0 Å². The van der Waals surface area contributed by atoms with Crippen LogP contribution in [-0.2, 0) is 20.9 Å². The fourth-order valence-corrected chi connectivity index (χ4v) is 1.36. The molecule has 0 amide bonds. The van der Waals surface area contributed by atoms with Crippen molar-refractivity contribution in [1.82, 2.24) is 0 Å². The third-order valence-corrected chi connectivity index (χ3v) is 2.35. The smallest absolute Gasteiger partial charge is 0.264 e. The third kappa shape index (κ3) is 4.22. The Morgan fingerprint density at radius 2 is 1.80 bits per heavy atom. The van der Waals surface area contributed by atoms with Gasteiger partial charge in [-0.15, -0.1) is 0 Å². The van der Waals surface area contributed by atoms with Gasteiger partial charge in [-0.2, -0.15) is 8.42 Å². The van der Waals surface area contributed by atoms with Crippen molar-refractivity contribution in [3.05, 3.63) is 35.4 Å². The molecule has 0 unspecified atom stereocenters. The van der Waals surface area contributed by atoms with Gasteiger partial charge in [-0.25, -0.2) is 0 Å².